The molecule has 1 aliphatic heterocycles. The summed E-state index contributed by atoms with van der Waals surface area (Å²) in [4.78, 5) is 25.7. The lowest BCUT2D eigenvalue weighted by molar-refractivity contribution is -0.127. The number of carbonyl (C=O) groups excluding carboxylic acids is 2. The average molecular weight is 357 g/mol. The maximum absolute atomic E-state index is 13.1. The molecule has 0 saturated carbocycles. The Kier molecular flexibility index (Phi) is 5.78. The molecule has 0 radical (unpaired) electrons. The Morgan fingerprint density at radius 2 is 2.12 bits per heavy atom. The minimum atomic E-state index is -3.17. The zero-order valence-corrected chi connectivity index (χ0v) is 14.1. The molecule has 0 bridgehead atoms. The number of alkyl halides is 2. The van der Waals surface area contributed by atoms with Crippen molar-refractivity contribution in [1.29, 1.82) is 0 Å². The highest BCUT2D eigenvalue weighted by atomic mass is 19.3. The number of halogens is 2. The lowest BCUT2D eigenvalue weighted by Crippen LogP contribution is -2.44. The standard InChI is InChI=1S/C16H21F2N3O4/c1-24-11-3-4-12(13(6-11)25-2)21-7-10(5-14(21)22)15(23)20-9-16(17,18)8-19/h3-4,6,10H,5,7-9,19H2,1-2H3,(H,20,23). The van der Waals surface area contributed by atoms with Crippen molar-refractivity contribution in [1.82, 2.24) is 5.32 Å². The zero-order valence-electron chi connectivity index (χ0n) is 14.1. The molecule has 9 heteroatoms. The van der Waals surface area contributed by atoms with E-state index < -0.39 is 30.8 Å². The lowest BCUT2D eigenvalue weighted by atomic mass is 10.1. The number of methoxy groups -OCH3 is 2. The number of ether oxygens (including phenoxy) is 2. The van der Waals surface area contributed by atoms with Crippen LogP contribution in [0.5, 0.6) is 11.5 Å². The van der Waals surface area contributed by atoms with Gasteiger partial charge < -0.3 is 25.4 Å². The number of carbonyl (C=O) groups is 2. The molecule has 25 heavy (non-hydrogen) atoms. The van der Waals surface area contributed by atoms with Crippen molar-refractivity contribution < 1.29 is 27.8 Å². The summed E-state index contributed by atoms with van der Waals surface area (Å²) in [6.45, 7) is -1.62. The van der Waals surface area contributed by atoms with Gasteiger partial charge in [-0.2, -0.15) is 0 Å². The van der Waals surface area contributed by atoms with E-state index >= 15 is 0 Å². The molecule has 1 fully saturated rings. The second-order valence-electron chi connectivity index (χ2n) is 5.72. The molecule has 1 heterocycles. The van der Waals surface area contributed by atoms with Crippen LogP contribution in [0.3, 0.4) is 0 Å². The molecule has 0 aliphatic carbocycles. The quantitative estimate of drug-likeness (QED) is 0.752. The summed E-state index contributed by atoms with van der Waals surface area (Å²) in [6, 6.07) is 4.94. The van der Waals surface area contributed by atoms with Crippen molar-refractivity contribution in [2.45, 2.75) is 12.3 Å². The number of anilines is 1. The maximum atomic E-state index is 13.1. The van der Waals surface area contributed by atoms with Crippen LogP contribution in [0.2, 0.25) is 0 Å². The van der Waals surface area contributed by atoms with Crippen LogP contribution in [-0.4, -0.2) is 51.6 Å². The van der Waals surface area contributed by atoms with Gasteiger partial charge >= 0.3 is 0 Å². The van der Waals surface area contributed by atoms with Crippen LogP contribution >= 0.6 is 0 Å². The van der Waals surface area contributed by atoms with Crippen LogP contribution in [0.15, 0.2) is 18.2 Å². The molecule has 0 aromatic heterocycles. The van der Waals surface area contributed by atoms with Crippen LogP contribution in [0.1, 0.15) is 6.42 Å². The molecule has 1 aromatic carbocycles. The molecule has 1 atom stereocenters. The number of hydrogen-bond acceptors (Lipinski definition) is 5. The number of hydrogen-bond donors (Lipinski definition) is 2. The molecule has 1 aliphatic rings. The third kappa shape index (κ3) is 4.36. The van der Waals surface area contributed by atoms with E-state index in [0.717, 1.165) is 0 Å². The van der Waals surface area contributed by atoms with Crippen molar-refractivity contribution >= 4 is 17.5 Å². The Balaban J connectivity index is 2.09. The smallest absolute Gasteiger partial charge is 0.277 e. The fraction of sp³-hybridized carbons (Fsp3) is 0.500. The molecule has 1 aromatic rings. The van der Waals surface area contributed by atoms with Crippen molar-refractivity contribution in [3.63, 3.8) is 0 Å². The van der Waals surface area contributed by atoms with Gasteiger partial charge in [-0.1, -0.05) is 0 Å². The Labute approximate surface area is 144 Å². The van der Waals surface area contributed by atoms with Gasteiger partial charge in [0.05, 0.1) is 38.9 Å². The lowest BCUT2D eigenvalue weighted by Gasteiger charge is -2.20. The SMILES string of the molecule is COc1ccc(N2CC(C(=O)NCC(F)(F)CN)CC2=O)c(OC)c1. The van der Waals surface area contributed by atoms with Gasteiger partial charge in [-0.3, -0.25) is 9.59 Å². The van der Waals surface area contributed by atoms with Crippen molar-refractivity contribution in [2.24, 2.45) is 11.7 Å². The van der Waals surface area contributed by atoms with Gasteiger partial charge in [-0.25, -0.2) is 8.78 Å². The molecular weight excluding hydrogens is 336 g/mol. The average Bonchev–Trinajstić information content (AvgIpc) is 3.00. The highest BCUT2D eigenvalue weighted by molar-refractivity contribution is 6.01. The summed E-state index contributed by atoms with van der Waals surface area (Å²) in [5, 5.41) is 2.16. The van der Waals surface area contributed by atoms with E-state index in [0.29, 0.717) is 17.2 Å². The third-order valence-electron chi connectivity index (χ3n) is 3.99. The summed E-state index contributed by atoms with van der Waals surface area (Å²) in [5.74, 6) is -3.79. The van der Waals surface area contributed by atoms with Crippen molar-refractivity contribution in [3.8, 4) is 11.5 Å². The number of amides is 2. The summed E-state index contributed by atoms with van der Waals surface area (Å²) < 4.78 is 36.7. The fourth-order valence-corrected chi connectivity index (χ4v) is 2.56. The molecular formula is C16H21F2N3O4. The second kappa shape index (κ2) is 7.64. The fourth-order valence-electron chi connectivity index (χ4n) is 2.56. The van der Waals surface area contributed by atoms with Crippen molar-refractivity contribution in [3.05, 3.63) is 18.2 Å². The molecule has 138 valence electrons. The number of nitrogens with two attached hydrogens (primary N) is 1. The van der Waals surface area contributed by atoms with Gasteiger partial charge in [0, 0.05) is 19.0 Å². The number of nitrogens with one attached hydrogen (secondary N) is 1. The van der Waals surface area contributed by atoms with Crippen LogP contribution in [0.4, 0.5) is 14.5 Å². The van der Waals surface area contributed by atoms with Gasteiger partial charge in [0.1, 0.15) is 11.5 Å². The molecule has 7 nitrogen and oxygen atoms in total. The Morgan fingerprint density at radius 3 is 2.72 bits per heavy atom. The monoisotopic (exact) mass is 357 g/mol. The van der Waals surface area contributed by atoms with Crippen LogP contribution < -0.4 is 25.4 Å². The zero-order chi connectivity index (χ0) is 18.6. The number of rotatable bonds is 7. The first-order valence-corrected chi connectivity index (χ1v) is 7.69. The minimum Gasteiger partial charge on any atom is -0.497 e. The largest absolute Gasteiger partial charge is 0.497 e. The van der Waals surface area contributed by atoms with Gasteiger partial charge in [-0.15, -0.1) is 0 Å². The first-order valence-electron chi connectivity index (χ1n) is 7.69. The van der Waals surface area contributed by atoms with Crippen LogP contribution in [0.25, 0.3) is 0 Å². The Morgan fingerprint density at radius 1 is 1.40 bits per heavy atom. The van der Waals surface area contributed by atoms with Gasteiger partial charge in [0.15, 0.2) is 0 Å². The first-order chi connectivity index (χ1) is 11.8. The predicted octanol–water partition coefficient (Wildman–Crippen LogP) is 0.767. The van der Waals surface area contributed by atoms with Gasteiger partial charge in [0.2, 0.25) is 11.8 Å². The van der Waals surface area contributed by atoms with E-state index in [1.54, 1.807) is 18.2 Å². The van der Waals surface area contributed by atoms with E-state index in [1.165, 1.54) is 19.1 Å². The molecule has 1 saturated heterocycles. The molecule has 2 amide bonds. The molecule has 1 unspecified atom stereocenters. The van der Waals surface area contributed by atoms with E-state index in [-0.39, 0.29) is 18.9 Å². The highest BCUT2D eigenvalue weighted by Gasteiger charge is 2.37. The Hall–Kier alpha value is -2.42. The first kappa shape index (κ1) is 18.9. The number of benzene rings is 1. The summed E-state index contributed by atoms with van der Waals surface area (Å²) in [6.07, 6.45) is -0.0603. The predicted molar refractivity (Wildman–Crippen MR) is 87.0 cm³/mol. The normalized spacial score (nSPS) is 17.6. The van der Waals surface area contributed by atoms with E-state index in [4.69, 9.17) is 15.2 Å². The van der Waals surface area contributed by atoms with E-state index in [1.807, 2.05) is 0 Å². The summed E-state index contributed by atoms with van der Waals surface area (Å²) in [7, 11) is 2.96. The highest BCUT2D eigenvalue weighted by Crippen LogP contribution is 2.35. The number of nitrogens with zero attached hydrogens (tertiary/aromatic N) is 1. The van der Waals surface area contributed by atoms with Crippen LogP contribution in [-0.2, 0) is 9.59 Å². The van der Waals surface area contributed by atoms with Crippen molar-refractivity contribution in [2.75, 3.05) is 38.8 Å². The Bertz CT molecular complexity index is 654. The molecule has 3 N–H and O–H groups in total. The second-order valence-corrected chi connectivity index (χ2v) is 5.72. The minimum absolute atomic E-state index is 0.0603. The van der Waals surface area contributed by atoms with Gasteiger partial charge in [0.25, 0.3) is 5.92 Å². The summed E-state index contributed by atoms with van der Waals surface area (Å²) >= 11 is 0. The topological polar surface area (TPSA) is 93.9 Å². The summed E-state index contributed by atoms with van der Waals surface area (Å²) in [5.41, 5.74) is 5.43. The van der Waals surface area contributed by atoms with Gasteiger partial charge in [-0.05, 0) is 12.1 Å². The maximum Gasteiger partial charge on any atom is 0.277 e. The molecule has 0 spiro atoms. The van der Waals surface area contributed by atoms with Crippen LogP contribution in [0, 0.1) is 5.92 Å². The third-order valence-corrected chi connectivity index (χ3v) is 3.99. The van der Waals surface area contributed by atoms with E-state index in [2.05, 4.69) is 5.32 Å². The molecule has 2 rings (SSSR count). The van der Waals surface area contributed by atoms with E-state index in [9.17, 15) is 18.4 Å².